The monoisotopic (exact) mass is 324 g/mol. The van der Waals surface area contributed by atoms with Gasteiger partial charge in [-0.2, -0.15) is 5.26 Å². The van der Waals surface area contributed by atoms with Gasteiger partial charge in [-0.15, -0.1) is 0 Å². The number of nitriles is 1. The van der Waals surface area contributed by atoms with Gasteiger partial charge in [0.25, 0.3) is 5.88 Å². The Labute approximate surface area is 141 Å². The molecule has 0 amide bonds. The quantitative estimate of drug-likeness (QED) is 0.813. The molecule has 3 rings (SSSR count). The summed E-state index contributed by atoms with van der Waals surface area (Å²) < 4.78 is 11.4. The van der Waals surface area contributed by atoms with Crippen molar-refractivity contribution in [3.63, 3.8) is 0 Å². The number of piperidine rings is 1. The highest BCUT2D eigenvalue weighted by molar-refractivity contribution is 5.37. The first kappa shape index (κ1) is 16.2. The van der Waals surface area contributed by atoms with E-state index in [1.54, 1.807) is 12.1 Å². The summed E-state index contributed by atoms with van der Waals surface area (Å²) in [7, 11) is 0. The molecule has 124 valence electrons. The lowest BCUT2D eigenvalue weighted by Crippen LogP contribution is -2.33. The predicted molar refractivity (Wildman–Crippen MR) is 89.0 cm³/mol. The van der Waals surface area contributed by atoms with Crippen molar-refractivity contribution in [1.29, 1.82) is 5.26 Å². The Hall–Kier alpha value is -2.65. The molecule has 24 heavy (non-hydrogen) atoms. The Morgan fingerprint density at radius 2 is 1.71 bits per heavy atom. The molecule has 0 spiro atoms. The fraction of sp³-hybridized carbons (Fsp3) is 0.389. The average Bonchev–Trinajstić information content (AvgIpc) is 2.64. The second-order valence-corrected chi connectivity index (χ2v) is 5.65. The summed E-state index contributed by atoms with van der Waals surface area (Å²) in [6.45, 7) is 4.00. The molecule has 1 aromatic carbocycles. The molecule has 0 unspecified atom stereocenters. The minimum atomic E-state index is 0.166. The lowest BCUT2D eigenvalue weighted by Gasteiger charge is -2.26. The maximum Gasteiger partial charge on any atom is 0.256 e. The SMILES string of the molecule is N#Cc1nccnc1Oc1ccc(OCCN2CCCCC2)cc1. The van der Waals surface area contributed by atoms with Crippen molar-refractivity contribution < 1.29 is 9.47 Å². The Balaban J connectivity index is 1.51. The van der Waals surface area contributed by atoms with Gasteiger partial charge in [0.1, 0.15) is 24.2 Å². The van der Waals surface area contributed by atoms with E-state index in [9.17, 15) is 0 Å². The van der Waals surface area contributed by atoms with Gasteiger partial charge in [-0.3, -0.25) is 4.90 Å². The zero-order chi connectivity index (χ0) is 16.6. The van der Waals surface area contributed by atoms with Gasteiger partial charge in [0, 0.05) is 18.9 Å². The normalized spacial score (nSPS) is 14.8. The molecule has 6 heteroatoms. The lowest BCUT2D eigenvalue weighted by molar-refractivity contribution is 0.183. The molecule has 0 atom stereocenters. The number of hydrogen-bond donors (Lipinski definition) is 0. The Morgan fingerprint density at radius 1 is 1.00 bits per heavy atom. The number of hydrogen-bond acceptors (Lipinski definition) is 6. The number of aromatic nitrogens is 2. The van der Waals surface area contributed by atoms with E-state index in [0.29, 0.717) is 12.4 Å². The van der Waals surface area contributed by atoms with E-state index in [4.69, 9.17) is 14.7 Å². The van der Waals surface area contributed by atoms with Gasteiger partial charge in [0.05, 0.1) is 0 Å². The van der Waals surface area contributed by atoms with E-state index in [1.165, 1.54) is 44.7 Å². The van der Waals surface area contributed by atoms with Crippen LogP contribution in [-0.4, -0.2) is 41.1 Å². The van der Waals surface area contributed by atoms with Crippen LogP contribution in [0.2, 0.25) is 0 Å². The van der Waals surface area contributed by atoms with Crippen LogP contribution in [0.5, 0.6) is 17.4 Å². The number of likely N-dealkylation sites (tertiary alicyclic amines) is 1. The third-order valence-electron chi connectivity index (χ3n) is 3.93. The topological polar surface area (TPSA) is 71.3 Å². The maximum atomic E-state index is 8.99. The molecule has 6 nitrogen and oxygen atoms in total. The fourth-order valence-electron chi connectivity index (χ4n) is 2.67. The van der Waals surface area contributed by atoms with Gasteiger partial charge in [0.15, 0.2) is 0 Å². The van der Waals surface area contributed by atoms with Crippen LogP contribution in [0.3, 0.4) is 0 Å². The predicted octanol–water partition coefficient (Wildman–Crippen LogP) is 3.01. The number of rotatable bonds is 6. The Bertz CT molecular complexity index is 691. The molecule has 2 aromatic rings. The van der Waals surface area contributed by atoms with E-state index >= 15 is 0 Å². The maximum absolute atomic E-state index is 8.99. The minimum Gasteiger partial charge on any atom is -0.492 e. The van der Waals surface area contributed by atoms with Crippen LogP contribution in [0, 0.1) is 11.3 Å². The molecule has 1 aromatic heterocycles. The molecule has 1 aliphatic heterocycles. The van der Waals surface area contributed by atoms with E-state index in [0.717, 1.165) is 12.3 Å². The summed E-state index contributed by atoms with van der Waals surface area (Å²) in [5.41, 5.74) is 0.166. The van der Waals surface area contributed by atoms with Gasteiger partial charge >= 0.3 is 0 Å². The molecule has 0 radical (unpaired) electrons. The van der Waals surface area contributed by atoms with Crippen LogP contribution >= 0.6 is 0 Å². The van der Waals surface area contributed by atoms with Gasteiger partial charge in [-0.1, -0.05) is 6.42 Å². The summed E-state index contributed by atoms with van der Waals surface area (Å²) in [4.78, 5) is 10.4. The van der Waals surface area contributed by atoms with Crippen LogP contribution in [0.25, 0.3) is 0 Å². The molecule has 1 fully saturated rings. The first-order valence-corrected chi connectivity index (χ1v) is 8.19. The van der Waals surface area contributed by atoms with Crippen LogP contribution in [-0.2, 0) is 0 Å². The smallest absolute Gasteiger partial charge is 0.256 e. The van der Waals surface area contributed by atoms with Crippen molar-refractivity contribution in [2.75, 3.05) is 26.2 Å². The molecular weight excluding hydrogens is 304 g/mol. The third-order valence-corrected chi connectivity index (χ3v) is 3.93. The summed E-state index contributed by atoms with van der Waals surface area (Å²) in [5.74, 6) is 1.60. The van der Waals surface area contributed by atoms with Crippen molar-refractivity contribution in [1.82, 2.24) is 14.9 Å². The van der Waals surface area contributed by atoms with Crippen LogP contribution < -0.4 is 9.47 Å². The molecule has 1 saturated heterocycles. The molecule has 0 N–H and O–H groups in total. The average molecular weight is 324 g/mol. The van der Waals surface area contributed by atoms with Crippen molar-refractivity contribution in [2.24, 2.45) is 0 Å². The van der Waals surface area contributed by atoms with Crippen molar-refractivity contribution in [3.8, 4) is 23.4 Å². The first-order valence-electron chi connectivity index (χ1n) is 8.19. The Kier molecular flexibility index (Phi) is 5.59. The third kappa shape index (κ3) is 4.43. The summed E-state index contributed by atoms with van der Waals surface area (Å²) in [6.07, 6.45) is 6.88. The van der Waals surface area contributed by atoms with Gasteiger partial charge in [0.2, 0.25) is 5.69 Å². The summed E-state index contributed by atoms with van der Waals surface area (Å²) in [6, 6.07) is 9.26. The molecular formula is C18H20N4O2. The van der Waals surface area contributed by atoms with Gasteiger partial charge < -0.3 is 9.47 Å². The van der Waals surface area contributed by atoms with E-state index in [2.05, 4.69) is 14.9 Å². The van der Waals surface area contributed by atoms with Gasteiger partial charge in [-0.05, 0) is 50.2 Å². The zero-order valence-electron chi connectivity index (χ0n) is 13.5. The number of ether oxygens (including phenoxy) is 2. The van der Waals surface area contributed by atoms with Crippen molar-refractivity contribution in [3.05, 3.63) is 42.4 Å². The second-order valence-electron chi connectivity index (χ2n) is 5.65. The molecule has 2 heterocycles. The standard InChI is InChI=1S/C18H20N4O2/c19-14-17-18(21-9-8-20-17)24-16-6-4-15(5-7-16)23-13-12-22-10-2-1-3-11-22/h4-9H,1-3,10-13H2. The highest BCUT2D eigenvalue weighted by Gasteiger charge is 2.10. The number of nitrogens with zero attached hydrogens (tertiary/aromatic N) is 4. The van der Waals surface area contributed by atoms with Gasteiger partial charge in [-0.25, -0.2) is 9.97 Å². The first-order chi connectivity index (χ1) is 11.8. The van der Waals surface area contributed by atoms with Crippen molar-refractivity contribution in [2.45, 2.75) is 19.3 Å². The van der Waals surface area contributed by atoms with Crippen molar-refractivity contribution >= 4 is 0 Å². The molecule has 1 aliphatic rings. The highest BCUT2D eigenvalue weighted by atomic mass is 16.5. The van der Waals surface area contributed by atoms with Crippen LogP contribution in [0.4, 0.5) is 0 Å². The summed E-state index contributed by atoms with van der Waals surface area (Å²) in [5, 5.41) is 8.99. The highest BCUT2D eigenvalue weighted by Crippen LogP contribution is 2.23. The molecule has 0 bridgehead atoms. The summed E-state index contributed by atoms with van der Waals surface area (Å²) >= 11 is 0. The van der Waals surface area contributed by atoms with E-state index in [-0.39, 0.29) is 11.6 Å². The fourth-order valence-corrected chi connectivity index (χ4v) is 2.67. The van der Waals surface area contributed by atoms with Crippen LogP contribution in [0.15, 0.2) is 36.7 Å². The van der Waals surface area contributed by atoms with E-state index in [1.807, 2.05) is 18.2 Å². The molecule has 0 aliphatic carbocycles. The Morgan fingerprint density at radius 3 is 2.46 bits per heavy atom. The van der Waals surface area contributed by atoms with Crippen LogP contribution in [0.1, 0.15) is 25.0 Å². The minimum absolute atomic E-state index is 0.166. The number of benzene rings is 1. The molecule has 0 saturated carbocycles. The largest absolute Gasteiger partial charge is 0.492 e. The second kappa shape index (κ2) is 8.27. The van der Waals surface area contributed by atoms with E-state index < -0.39 is 0 Å². The lowest BCUT2D eigenvalue weighted by atomic mass is 10.1. The zero-order valence-corrected chi connectivity index (χ0v) is 13.5.